The van der Waals surface area contributed by atoms with E-state index in [9.17, 15) is 5.11 Å². The highest BCUT2D eigenvalue weighted by Crippen LogP contribution is 2.15. The molecule has 17 heavy (non-hydrogen) atoms. The van der Waals surface area contributed by atoms with Crippen LogP contribution in [0.1, 0.15) is 31.1 Å². The number of aliphatic hydroxyl groups excluding tert-OH is 1. The van der Waals surface area contributed by atoms with Gasteiger partial charge in [-0.15, -0.1) is 0 Å². The number of hydrogen-bond acceptors (Lipinski definition) is 4. The van der Waals surface area contributed by atoms with Gasteiger partial charge in [-0.1, -0.05) is 13.8 Å². The van der Waals surface area contributed by atoms with Gasteiger partial charge in [0.05, 0.1) is 18.5 Å². The van der Waals surface area contributed by atoms with Gasteiger partial charge in [-0.05, 0) is 6.07 Å². The lowest BCUT2D eigenvalue weighted by molar-refractivity contribution is 0.281. The van der Waals surface area contributed by atoms with Gasteiger partial charge >= 0.3 is 0 Å². The molecular formula is C12H16N4O. The molecule has 0 bridgehead atoms. The summed E-state index contributed by atoms with van der Waals surface area (Å²) in [5, 5.41) is 13.8. The minimum absolute atomic E-state index is 0.0255. The topological polar surface area (TPSA) is 63.8 Å². The molecule has 2 aromatic heterocycles. The van der Waals surface area contributed by atoms with Gasteiger partial charge in [0.2, 0.25) is 0 Å². The molecule has 0 aromatic carbocycles. The van der Waals surface area contributed by atoms with Gasteiger partial charge in [-0.3, -0.25) is 4.98 Å². The van der Waals surface area contributed by atoms with E-state index >= 15 is 0 Å². The van der Waals surface area contributed by atoms with Crippen LogP contribution in [-0.2, 0) is 19.4 Å². The predicted molar refractivity (Wildman–Crippen MR) is 63.8 cm³/mol. The zero-order valence-corrected chi connectivity index (χ0v) is 10.1. The van der Waals surface area contributed by atoms with Gasteiger partial charge in [-0.25, -0.2) is 9.67 Å². The molecule has 0 aliphatic rings. The molecule has 0 saturated carbocycles. The summed E-state index contributed by atoms with van der Waals surface area (Å²) >= 11 is 0. The first kappa shape index (κ1) is 11.7. The summed E-state index contributed by atoms with van der Waals surface area (Å²) in [6.45, 7) is 4.03. The maximum atomic E-state index is 9.32. The predicted octanol–water partition coefficient (Wildman–Crippen LogP) is 1.28. The van der Waals surface area contributed by atoms with Crippen LogP contribution in [0.3, 0.4) is 0 Å². The summed E-state index contributed by atoms with van der Waals surface area (Å²) < 4.78 is 1.78. The molecule has 5 heteroatoms. The van der Waals surface area contributed by atoms with Gasteiger partial charge < -0.3 is 5.11 Å². The average Bonchev–Trinajstić information content (AvgIpc) is 2.81. The highest BCUT2D eigenvalue weighted by atomic mass is 16.3. The standard InChI is InChI=1S/C12H16N4O/c1-3-11-14-12(4-2)16(15-11)10-7-13-6-5-9(10)8-17/h5-7,17H,3-4,8H2,1-2H3. The number of aryl methyl sites for hydroxylation is 2. The molecule has 2 heterocycles. The largest absolute Gasteiger partial charge is 0.392 e. The third kappa shape index (κ3) is 2.19. The molecule has 0 saturated heterocycles. The Bertz CT molecular complexity index is 507. The molecule has 0 atom stereocenters. The van der Waals surface area contributed by atoms with Crippen molar-refractivity contribution in [1.29, 1.82) is 0 Å². The maximum absolute atomic E-state index is 9.32. The van der Waals surface area contributed by atoms with Crippen molar-refractivity contribution in [3.8, 4) is 5.69 Å². The number of aliphatic hydroxyl groups is 1. The molecule has 1 N–H and O–H groups in total. The van der Waals surface area contributed by atoms with Crippen molar-refractivity contribution < 1.29 is 5.11 Å². The van der Waals surface area contributed by atoms with Crippen molar-refractivity contribution in [2.75, 3.05) is 0 Å². The van der Waals surface area contributed by atoms with Crippen LogP contribution in [0.5, 0.6) is 0 Å². The molecule has 90 valence electrons. The fourth-order valence-electron chi connectivity index (χ4n) is 1.70. The Kier molecular flexibility index (Phi) is 3.49. The van der Waals surface area contributed by atoms with Gasteiger partial charge in [0.25, 0.3) is 0 Å². The van der Waals surface area contributed by atoms with Crippen LogP contribution in [0.4, 0.5) is 0 Å². The van der Waals surface area contributed by atoms with E-state index in [0.29, 0.717) is 0 Å². The average molecular weight is 232 g/mol. The summed E-state index contributed by atoms with van der Waals surface area (Å²) in [4.78, 5) is 8.52. The van der Waals surface area contributed by atoms with E-state index < -0.39 is 0 Å². The lowest BCUT2D eigenvalue weighted by Gasteiger charge is -2.07. The van der Waals surface area contributed by atoms with Gasteiger partial charge in [0.15, 0.2) is 5.82 Å². The molecule has 0 aliphatic carbocycles. The van der Waals surface area contributed by atoms with Crippen molar-refractivity contribution in [1.82, 2.24) is 19.7 Å². The second kappa shape index (κ2) is 5.05. The number of nitrogens with zero attached hydrogens (tertiary/aromatic N) is 4. The molecule has 0 unspecified atom stereocenters. The van der Waals surface area contributed by atoms with E-state index in [1.807, 2.05) is 13.8 Å². The molecular weight excluding hydrogens is 216 g/mol. The van der Waals surface area contributed by atoms with Crippen LogP contribution in [-0.4, -0.2) is 24.9 Å². The van der Waals surface area contributed by atoms with Gasteiger partial charge in [-0.2, -0.15) is 5.10 Å². The monoisotopic (exact) mass is 232 g/mol. The van der Waals surface area contributed by atoms with Gasteiger partial charge in [0, 0.05) is 24.6 Å². The first-order valence-corrected chi connectivity index (χ1v) is 5.79. The molecule has 0 amide bonds. The fraction of sp³-hybridized carbons (Fsp3) is 0.417. The maximum Gasteiger partial charge on any atom is 0.151 e. The summed E-state index contributed by atoms with van der Waals surface area (Å²) in [5.41, 5.74) is 1.61. The highest BCUT2D eigenvalue weighted by Gasteiger charge is 2.12. The van der Waals surface area contributed by atoms with Crippen LogP contribution in [0, 0.1) is 0 Å². The molecule has 2 aromatic rings. The first-order valence-electron chi connectivity index (χ1n) is 5.79. The third-order valence-electron chi connectivity index (χ3n) is 2.64. The number of hydrogen-bond donors (Lipinski definition) is 1. The Morgan fingerprint density at radius 1 is 1.29 bits per heavy atom. The van der Waals surface area contributed by atoms with Crippen LogP contribution < -0.4 is 0 Å². The van der Waals surface area contributed by atoms with Crippen molar-refractivity contribution in [2.45, 2.75) is 33.3 Å². The van der Waals surface area contributed by atoms with Crippen molar-refractivity contribution in [3.05, 3.63) is 35.7 Å². The van der Waals surface area contributed by atoms with Crippen molar-refractivity contribution in [3.63, 3.8) is 0 Å². The summed E-state index contributed by atoms with van der Waals surface area (Å²) in [6.07, 6.45) is 4.97. The van der Waals surface area contributed by atoms with Crippen LogP contribution in [0.25, 0.3) is 5.69 Å². The quantitative estimate of drug-likeness (QED) is 0.862. The van der Waals surface area contributed by atoms with Gasteiger partial charge in [0.1, 0.15) is 5.82 Å². The van der Waals surface area contributed by atoms with E-state index in [2.05, 4.69) is 15.1 Å². The Morgan fingerprint density at radius 3 is 2.76 bits per heavy atom. The Hall–Kier alpha value is -1.75. The molecule has 0 spiro atoms. The molecule has 2 rings (SSSR count). The highest BCUT2D eigenvalue weighted by molar-refractivity contribution is 5.37. The molecule has 0 aliphatic heterocycles. The van der Waals surface area contributed by atoms with Crippen LogP contribution in [0.2, 0.25) is 0 Å². The molecule has 0 radical (unpaired) electrons. The van der Waals surface area contributed by atoms with Crippen LogP contribution in [0.15, 0.2) is 18.5 Å². The Balaban J connectivity index is 2.54. The molecule has 5 nitrogen and oxygen atoms in total. The van der Waals surface area contributed by atoms with Crippen LogP contribution >= 0.6 is 0 Å². The van der Waals surface area contributed by atoms with E-state index in [-0.39, 0.29) is 6.61 Å². The first-order chi connectivity index (χ1) is 8.30. The van der Waals surface area contributed by atoms with E-state index in [1.165, 1.54) is 0 Å². The summed E-state index contributed by atoms with van der Waals surface area (Å²) in [5.74, 6) is 1.71. The van der Waals surface area contributed by atoms with E-state index in [4.69, 9.17) is 0 Å². The minimum atomic E-state index is -0.0255. The second-order valence-electron chi connectivity index (χ2n) is 3.73. The zero-order valence-electron chi connectivity index (χ0n) is 10.1. The lowest BCUT2D eigenvalue weighted by Crippen LogP contribution is -2.06. The summed E-state index contributed by atoms with van der Waals surface area (Å²) in [7, 11) is 0. The zero-order chi connectivity index (χ0) is 12.3. The number of pyridine rings is 1. The SMILES string of the molecule is CCc1nc(CC)n(-c2cnccc2CO)n1. The number of rotatable bonds is 4. The fourth-order valence-corrected chi connectivity index (χ4v) is 1.70. The summed E-state index contributed by atoms with van der Waals surface area (Å²) in [6, 6.07) is 1.79. The van der Waals surface area contributed by atoms with E-state index in [0.717, 1.165) is 35.7 Å². The van der Waals surface area contributed by atoms with E-state index in [1.54, 1.807) is 23.1 Å². The minimum Gasteiger partial charge on any atom is -0.392 e. The van der Waals surface area contributed by atoms with Crippen molar-refractivity contribution >= 4 is 0 Å². The normalized spacial score (nSPS) is 10.8. The number of aromatic nitrogens is 4. The second-order valence-corrected chi connectivity index (χ2v) is 3.73. The smallest absolute Gasteiger partial charge is 0.151 e. The Labute approximate surface area is 100 Å². The Morgan fingerprint density at radius 2 is 2.12 bits per heavy atom. The molecule has 0 fully saturated rings. The third-order valence-corrected chi connectivity index (χ3v) is 2.64. The van der Waals surface area contributed by atoms with Crippen molar-refractivity contribution in [2.24, 2.45) is 0 Å². The lowest BCUT2D eigenvalue weighted by atomic mass is 10.2.